The summed E-state index contributed by atoms with van der Waals surface area (Å²) in [4.78, 5) is 14.3. The van der Waals surface area contributed by atoms with Crippen LogP contribution >= 0.6 is 11.6 Å². The smallest absolute Gasteiger partial charge is 0.255 e. The highest BCUT2D eigenvalue weighted by atomic mass is 35.5. The Kier molecular flexibility index (Phi) is 3.26. The fourth-order valence-electron chi connectivity index (χ4n) is 2.49. The third-order valence-electron chi connectivity index (χ3n) is 3.47. The number of amides is 1. The summed E-state index contributed by atoms with van der Waals surface area (Å²) in [5.74, 6) is 0.0377. The zero-order valence-electron chi connectivity index (χ0n) is 10.5. The minimum atomic E-state index is 0.0377. The van der Waals surface area contributed by atoms with Crippen molar-refractivity contribution >= 4 is 17.5 Å². The predicted molar refractivity (Wildman–Crippen MR) is 76.3 cm³/mol. The molecule has 0 spiro atoms. The van der Waals surface area contributed by atoms with E-state index in [0.29, 0.717) is 17.1 Å². The third-order valence-corrected chi connectivity index (χ3v) is 3.78. The Morgan fingerprint density at radius 2 is 1.84 bits per heavy atom. The molecule has 1 amide bonds. The molecule has 0 aromatic heterocycles. The van der Waals surface area contributed by atoms with Gasteiger partial charge in [0, 0.05) is 13.1 Å². The van der Waals surface area contributed by atoms with Gasteiger partial charge in [0.25, 0.3) is 5.91 Å². The average Bonchev–Trinajstić information content (AvgIpc) is 2.43. The largest absolute Gasteiger partial charge is 0.334 e. The number of nitrogens with zero attached hydrogens (tertiary/aromatic N) is 1. The van der Waals surface area contributed by atoms with Crippen molar-refractivity contribution in [2.24, 2.45) is 0 Å². The van der Waals surface area contributed by atoms with E-state index in [2.05, 4.69) is 0 Å². The van der Waals surface area contributed by atoms with Gasteiger partial charge in [-0.15, -0.1) is 0 Å². The van der Waals surface area contributed by atoms with Crippen molar-refractivity contribution < 1.29 is 4.79 Å². The Hall–Kier alpha value is -1.80. The number of benzene rings is 2. The minimum absolute atomic E-state index is 0.0377. The highest BCUT2D eigenvalue weighted by Crippen LogP contribution is 2.26. The van der Waals surface area contributed by atoms with Crippen molar-refractivity contribution in [3.8, 4) is 0 Å². The summed E-state index contributed by atoms with van der Waals surface area (Å²) in [6, 6.07) is 15.7. The monoisotopic (exact) mass is 271 g/mol. The van der Waals surface area contributed by atoms with Crippen LogP contribution in [0.4, 0.5) is 0 Å². The average molecular weight is 272 g/mol. The van der Waals surface area contributed by atoms with Crippen LogP contribution in [0.5, 0.6) is 0 Å². The van der Waals surface area contributed by atoms with Gasteiger partial charge in [-0.2, -0.15) is 0 Å². The maximum Gasteiger partial charge on any atom is 0.255 e. The molecule has 1 aliphatic rings. The summed E-state index contributed by atoms with van der Waals surface area (Å²) in [6.07, 6.45) is 0.870. The summed E-state index contributed by atoms with van der Waals surface area (Å²) in [7, 11) is 0. The van der Waals surface area contributed by atoms with Gasteiger partial charge in [-0.1, -0.05) is 54.1 Å². The lowest BCUT2D eigenvalue weighted by molar-refractivity contribution is 0.0727. The molecule has 3 rings (SSSR count). The number of hydrogen-bond acceptors (Lipinski definition) is 1. The molecule has 0 saturated carbocycles. The molecule has 0 N–H and O–H groups in total. The first kappa shape index (κ1) is 12.2. The van der Waals surface area contributed by atoms with Gasteiger partial charge in [-0.25, -0.2) is 0 Å². The molecule has 1 heterocycles. The van der Waals surface area contributed by atoms with Crippen molar-refractivity contribution in [2.75, 3.05) is 6.54 Å². The Morgan fingerprint density at radius 3 is 2.63 bits per heavy atom. The molecule has 0 unspecified atom stereocenters. The Labute approximate surface area is 117 Å². The fraction of sp³-hybridized carbons (Fsp3) is 0.188. The van der Waals surface area contributed by atoms with E-state index in [4.69, 9.17) is 11.6 Å². The first-order valence-corrected chi connectivity index (χ1v) is 6.74. The second-order valence-corrected chi connectivity index (χ2v) is 5.14. The first-order valence-electron chi connectivity index (χ1n) is 6.36. The molecule has 0 atom stereocenters. The standard InChI is InChI=1S/C16H14ClNO/c17-14-8-4-7-13-9-10-18(16(19)15(13)14)11-12-5-2-1-3-6-12/h1-8H,9-11H2. The van der Waals surface area contributed by atoms with Gasteiger partial charge in [-0.3, -0.25) is 4.79 Å². The Bertz CT molecular complexity index is 609. The zero-order chi connectivity index (χ0) is 13.2. The van der Waals surface area contributed by atoms with E-state index in [1.807, 2.05) is 47.4 Å². The van der Waals surface area contributed by atoms with E-state index >= 15 is 0 Å². The number of halogens is 1. The molecule has 1 aliphatic heterocycles. The van der Waals surface area contributed by atoms with Gasteiger partial charge in [0.05, 0.1) is 10.6 Å². The van der Waals surface area contributed by atoms with Crippen molar-refractivity contribution in [1.29, 1.82) is 0 Å². The molecule has 0 aliphatic carbocycles. The van der Waals surface area contributed by atoms with Gasteiger partial charge >= 0.3 is 0 Å². The molecule has 2 aromatic rings. The summed E-state index contributed by atoms with van der Waals surface area (Å²) in [6.45, 7) is 1.39. The number of hydrogen-bond donors (Lipinski definition) is 0. The quantitative estimate of drug-likeness (QED) is 0.818. The molecule has 0 saturated heterocycles. The topological polar surface area (TPSA) is 20.3 Å². The SMILES string of the molecule is O=C1c2c(Cl)cccc2CCN1Cc1ccccc1. The molecule has 2 aromatic carbocycles. The molecule has 0 bridgehead atoms. The van der Waals surface area contributed by atoms with Crippen LogP contribution in [0.25, 0.3) is 0 Å². The summed E-state index contributed by atoms with van der Waals surface area (Å²) >= 11 is 6.16. The predicted octanol–water partition coefficient (Wildman–Crippen LogP) is 3.54. The van der Waals surface area contributed by atoms with Crippen LogP contribution in [0.2, 0.25) is 5.02 Å². The third kappa shape index (κ3) is 2.36. The van der Waals surface area contributed by atoms with E-state index in [0.717, 1.165) is 24.1 Å². The van der Waals surface area contributed by atoms with Crippen molar-refractivity contribution in [3.63, 3.8) is 0 Å². The zero-order valence-corrected chi connectivity index (χ0v) is 11.2. The molecule has 96 valence electrons. The van der Waals surface area contributed by atoms with Crippen LogP contribution in [0.15, 0.2) is 48.5 Å². The minimum Gasteiger partial charge on any atom is -0.334 e. The number of carbonyl (C=O) groups is 1. The number of rotatable bonds is 2. The van der Waals surface area contributed by atoms with E-state index in [-0.39, 0.29) is 5.91 Å². The first-order chi connectivity index (χ1) is 9.25. The Morgan fingerprint density at radius 1 is 1.05 bits per heavy atom. The van der Waals surface area contributed by atoms with Gasteiger partial charge in [0.2, 0.25) is 0 Å². The van der Waals surface area contributed by atoms with Crippen LogP contribution in [0, 0.1) is 0 Å². The van der Waals surface area contributed by atoms with Crippen molar-refractivity contribution in [2.45, 2.75) is 13.0 Å². The highest BCUT2D eigenvalue weighted by Gasteiger charge is 2.26. The summed E-state index contributed by atoms with van der Waals surface area (Å²) in [5, 5.41) is 0.556. The normalized spacial score (nSPS) is 14.4. The van der Waals surface area contributed by atoms with Crippen LogP contribution in [0.1, 0.15) is 21.5 Å². The lowest BCUT2D eigenvalue weighted by Crippen LogP contribution is -2.37. The number of carbonyl (C=O) groups excluding carboxylic acids is 1. The highest BCUT2D eigenvalue weighted by molar-refractivity contribution is 6.34. The Balaban J connectivity index is 1.88. The molecule has 19 heavy (non-hydrogen) atoms. The van der Waals surface area contributed by atoms with Gasteiger partial charge in [0.1, 0.15) is 0 Å². The van der Waals surface area contributed by atoms with E-state index in [1.54, 1.807) is 6.07 Å². The van der Waals surface area contributed by atoms with Gasteiger partial charge < -0.3 is 4.90 Å². The van der Waals surface area contributed by atoms with E-state index in [9.17, 15) is 4.79 Å². The fourth-order valence-corrected chi connectivity index (χ4v) is 2.76. The second-order valence-electron chi connectivity index (χ2n) is 4.74. The molecule has 2 nitrogen and oxygen atoms in total. The summed E-state index contributed by atoms with van der Waals surface area (Å²) in [5.41, 5.74) is 2.87. The molecule has 3 heteroatoms. The van der Waals surface area contributed by atoms with Crippen LogP contribution in [-0.2, 0) is 13.0 Å². The van der Waals surface area contributed by atoms with Crippen LogP contribution in [-0.4, -0.2) is 17.4 Å². The van der Waals surface area contributed by atoms with Crippen molar-refractivity contribution in [1.82, 2.24) is 4.90 Å². The van der Waals surface area contributed by atoms with Crippen LogP contribution in [0.3, 0.4) is 0 Å². The van der Waals surface area contributed by atoms with Crippen molar-refractivity contribution in [3.05, 3.63) is 70.2 Å². The molecule has 0 fully saturated rings. The summed E-state index contributed by atoms with van der Waals surface area (Å²) < 4.78 is 0. The lowest BCUT2D eigenvalue weighted by Gasteiger charge is -2.29. The second kappa shape index (κ2) is 5.06. The molecular weight excluding hydrogens is 258 g/mol. The molecule has 0 radical (unpaired) electrons. The van der Waals surface area contributed by atoms with Gasteiger partial charge in [0.15, 0.2) is 0 Å². The van der Waals surface area contributed by atoms with Gasteiger partial charge in [-0.05, 0) is 23.6 Å². The van der Waals surface area contributed by atoms with E-state index in [1.165, 1.54) is 0 Å². The maximum absolute atomic E-state index is 12.5. The number of fused-ring (bicyclic) bond motifs is 1. The molecular formula is C16H14ClNO. The maximum atomic E-state index is 12.5. The van der Waals surface area contributed by atoms with Crippen LogP contribution < -0.4 is 0 Å². The van der Waals surface area contributed by atoms with E-state index < -0.39 is 0 Å². The lowest BCUT2D eigenvalue weighted by atomic mass is 9.98.